The molecule has 0 saturated carbocycles. The van der Waals surface area contributed by atoms with Crippen LogP contribution < -0.4 is 5.32 Å². The van der Waals surface area contributed by atoms with Crippen molar-refractivity contribution in [3.63, 3.8) is 0 Å². The Morgan fingerprint density at radius 1 is 1.08 bits per heavy atom. The van der Waals surface area contributed by atoms with Crippen LogP contribution in [-0.2, 0) is 6.18 Å². The topological polar surface area (TPSA) is 42.0 Å². The van der Waals surface area contributed by atoms with Crippen LogP contribution in [0, 0.1) is 6.92 Å². The van der Waals surface area contributed by atoms with Gasteiger partial charge in [-0.1, -0.05) is 18.2 Å². The van der Waals surface area contributed by atoms with Gasteiger partial charge in [0.2, 0.25) is 0 Å². The van der Waals surface area contributed by atoms with Crippen LogP contribution in [0.4, 0.5) is 18.9 Å². The highest BCUT2D eigenvalue weighted by Gasteiger charge is 2.30. The molecule has 0 aliphatic rings. The Balaban J connectivity index is 1.92. The van der Waals surface area contributed by atoms with E-state index in [2.05, 4.69) is 10.3 Å². The maximum atomic E-state index is 12.7. The number of halogens is 3. The van der Waals surface area contributed by atoms with E-state index in [1.54, 1.807) is 31.3 Å². The first-order valence-corrected chi connectivity index (χ1v) is 7.19. The van der Waals surface area contributed by atoms with Gasteiger partial charge in [0.05, 0.1) is 11.1 Å². The minimum Gasteiger partial charge on any atom is -0.322 e. The molecular weight excluding hydrogens is 317 g/mol. The maximum Gasteiger partial charge on any atom is 0.416 e. The molecule has 0 unspecified atom stereocenters. The molecule has 3 nitrogen and oxygen atoms in total. The second kappa shape index (κ2) is 5.96. The highest BCUT2D eigenvalue weighted by molar-refractivity contribution is 6.07. The molecule has 0 bridgehead atoms. The fourth-order valence-electron chi connectivity index (χ4n) is 2.51. The molecule has 0 aliphatic heterocycles. The van der Waals surface area contributed by atoms with Crippen molar-refractivity contribution in [1.82, 2.24) is 4.98 Å². The summed E-state index contributed by atoms with van der Waals surface area (Å²) < 4.78 is 38.2. The number of benzene rings is 2. The number of fused-ring (bicyclic) bond motifs is 1. The van der Waals surface area contributed by atoms with Crippen molar-refractivity contribution in [2.75, 3.05) is 5.32 Å². The van der Waals surface area contributed by atoms with E-state index >= 15 is 0 Å². The molecule has 2 aromatic carbocycles. The van der Waals surface area contributed by atoms with Gasteiger partial charge in [0.25, 0.3) is 5.91 Å². The number of aromatic nitrogens is 1. The van der Waals surface area contributed by atoms with Crippen LogP contribution in [0.1, 0.15) is 21.5 Å². The summed E-state index contributed by atoms with van der Waals surface area (Å²) in [5, 5.41) is 3.40. The summed E-state index contributed by atoms with van der Waals surface area (Å²) in [4.78, 5) is 16.7. The number of nitrogens with one attached hydrogen (secondary N) is 1. The molecular formula is C18H13F3N2O. The Bertz CT molecular complexity index is 920. The summed E-state index contributed by atoms with van der Waals surface area (Å²) >= 11 is 0. The average Bonchev–Trinajstić information content (AvgIpc) is 2.55. The minimum absolute atomic E-state index is 0.0929. The number of hydrogen-bond acceptors (Lipinski definition) is 2. The Morgan fingerprint density at radius 2 is 1.88 bits per heavy atom. The van der Waals surface area contributed by atoms with E-state index in [9.17, 15) is 18.0 Å². The smallest absolute Gasteiger partial charge is 0.322 e. The molecule has 1 N–H and O–H groups in total. The van der Waals surface area contributed by atoms with E-state index in [-0.39, 0.29) is 5.69 Å². The first kappa shape index (κ1) is 16.0. The molecule has 24 heavy (non-hydrogen) atoms. The van der Waals surface area contributed by atoms with Gasteiger partial charge in [0, 0.05) is 22.8 Å². The predicted molar refractivity (Wildman–Crippen MR) is 85.9 cm³/mol. The third kappa shape index (κ3) is 3.08. The molecule has 0 spiro atoms. The second-order valence-corrected chi connectivity index (χ2v) is 5.35. The summed E-state index contributed by atoms with van der Waals surface area (Å²) in [5.41, 5.74) is 1.03. The normalized spacial score (nSPS) is 11.5. The first-order chi connectivity index (χ1) is 11.4. The van der Waals surface area contributed by atoms with Gasteiger partial charge >= 0.3 is 6.18 Å². The quantitative estimate of drug-likeness (QED) is 0.732. The number of alkyl halides is 3. The fourth-order valence-corrected chi connectivity index (χ4v) is 2.51. The van der Waals surface area contributed by atoms with E-state index in [0.29, 0.717) is 16.6 Å². The van der Waals surface area contributed by atoms with Crippen LogP contribution in [0.15, 0.2) is 54.7 Å². The monoisotopic (exact) mass is 330 g/mol. The number of pyridine rings is 1. The largest absolute Gasteiger partial charge is 0.416 e. The van der Waals surface area contributed by atoms with Crippen molar-refractivity contribution in [2.24, 2.45) is 0 Å². The highest BCUT2D eigenvalue weighted by Crippen LogP contribution is 2.31. The molecule has 122 valence electrons. The van der Waals surface area contributed by atoms with Crippen LogP contribution in [0.5, 0.6) is 0 Å². The number of anilines is 1. The Morgan fingerprint density at radius 3 is 2.62 bits per heavy atom. The third-order valence-electron chi connectivity index (χ3n) is 3.72. The minimum atomic E-state index is -4.45. The number of hydrogen-bond donors (Lipinski definition) is 1. The molecule has 1 aromatic heterocycles. The maximum absolute atomic E-state index is 12.7. The molecule has 6 heteroatoms. The Labute approximate surface area is 136 Å². The van der Waals surface area contributed by atoms with Crippen molar-refractivity contribution < 1.29 is 18.0 Å². The zero-order valence-corrected chi connectivity index (χ0v) is 12.7. The predicted octanol–water partition coefficient (Wildman–Crippen LogP) is 4.81. The fraction of sp³-hybridized carbons (Fsp3) is 0.111. The van der Waals surface area contributed by atoms with E-state index in [1.807, 2.05) is 6.07 Å². The summed E-state index contributed by atoms with van der Waals surface area (Å²) in [7, 11) is 0. The lowest BCUT2D eigenvalue weighted by atomic mass is 10.0. The standard InChI is InChI=1S/C18H13F3N2O/c1-11-15(8-7-12-4-3-9-22-16(11)12)17(24)23-14-6-2-5-13(10-14)18(19,20)21/h2-10H,1H3,(H,23,24). The summed E-state index contributed by atoms with van der Waals surface area (Å²) in [6.45, 7) is 1.76. The van der Waals surface area contributed by atoms with Gasteiger partial charge in [-0.2, -0.15) is 13.2 Å². The zero-order chi connectivity index (χ0) is 17.3. The van der Waals surface area contributed by atoms with Crippen LogP contribution in [-0.4, -0.2) is 10.9 Å². The van der Waals surface area contributed by atoms with E-state index < -0.39 is 17.6 Å². The molecule has 0 aliphatic carbocycles. The number of carbonyl (C=O) groups excluding carboxylic acids is 1. The third-order valence-corrected chi connectivity index (χ3v) is 3.72. The van der Waals surface area contributed by atoms with Crippen molar-refractivity contribution in [2.45, 2.75) is 13.1 Å². The van der Waals surface area contributed by atoms with Crippen LogP contribution in [0.25, 0.3) is 10.9 Å². The Kier molecular flexibility index (Phi) is 3.97. The van der Waals surface area contributed by atoms with Gasteiger partial charge in [0.15, 0.2) is 0 Å². The summed E-state index contributed by atoms with van der Waals surface area (Å²) in [5.74, 6) is -0.473. The lowest BCUT2D eigenvalue weighted by Gasteiger charge is -2.12. The van der Waals surface area contributed by atoms with Gasteiger partial charge in [-0.15, -0.1) is 0 Å². The van der Waals surface area contributed by atoms with E-state index in [1.165, 1.54) is 12.1 Å². The second-order valence-electron chi connectivity index (χ2n) is 5.35. The molecule has 3 aromatic rings. The molecule has 0 radical (unpaired) electrons. The van der Waals surface area contributed by atoms with Crippen molar-refractivity contribution in [1.29, 1.82) is 0 Å². The van der Waals surface area contributed by atoms with Gasteiger partial charge in [-0.05, 0) is 42.8 Å². The van der Waals surface area contributed by atoms with E-state index in [0.717, 1.165) is 17.5 Å². The van der Waals surface area contributed by atoms with Gasteiger partial charge in [0.1, 0.15) is 0 Å². The molecule has 0 fully saturated rings. The number of nitrogens with zero attached hydrogens (tertiary/aromatic N) is 1. The number of amides is 1. The number of aryl methyl sites for hydroxylation is 1. The van der Waals surface area contributed by atoms with Crippen molar-refractivity contribution in [3.05, 3.63) is 71.4 Å². The lowest BCUT2D eigenvalue weighted by molar-refractivity contribution is -0.137. The zero-order valence-electron chi connectivity index (χ0n) is 12.7. The molecule has 0 atom stereocenters. The molecule has 1 amide bonds. The SMILES string of the molecule is Cc1c(C(=O)Nc2cccc(C(F)(F)F)c2)ccc2cccnc12. The van der Waals surface area contributed by atoms with Crippen LogP contribution in [0.3, 0.4) is 0 Å². The van der Waals surface area contributed by atoms with Gasteiger partial charge < -0.3 is 5.32 Å². The van der Waals surface area contributed by atoms with Crippen molar-refractivity contribution in [3.8, 4) is 0 Å². The molecule has 3 rings (SSSR count). The first-order valence-electron chi connectivity index (χ1n) is 7.19. The number of rotatable bonds is 2. The molecule has 1 heterocycles. The summed E-state index contributed by atoms with van der Waals surface area (Å²) in [6.07, 6.45) is -2.83. The van der Waals surface area contributed by atoms with Crippen LogP contribution in [0.2, 0.25) is 0 Å². The van der Waals surface area contributed by atoms with Gasteiger partial charge in [-0.25, -0.2) is 0 Å². The van der Waals surface area contributed by atoms with E-state index in [4.69, 9.17) is 0 Å². The average molecular weight is 330 g/mol. The van der Waals surface area contributed by atoms with Crippen molar-refractivity contribution >= 4 is 22.5 Å². The lowest BCUT2D eigenvalue weighted by Crippen LogP contribution is -2.14. The summed E-state index contributed by atoms with van der Waals surface area (Å²) in [6, 6.07) is 11.6. The van der Waals surface area contributed by atoms with Crippen LogP contribution >= 0.6 is 0 Å². The highest BCUT2D eigenvalue weighted by atomic mass is 19.4. The number of carbonyl (C=O) groups is 1. The molecule has 0 saturated heterocycles. The van der Waals surface area contributed by atoms with Gasteiger partial charge in [-0.3, -0.25) is 9.78 Å². The Hall–Kier alpha value is -2.89.